The van der Waals surface area contributed by atoms with E-state index in [9.17, 15) is 4.79 Å². The van der Waals surface area contributed by atoms with E-state index in [1.165, 1.54) is 6.07 Å². The van der Waals surface area contributed by atoms with Crippen LogP contribution < -0.4 is 4.90 Å². The number of ketones is 1. The number of halogens is 1. The molecule has 0 amide bonds. The number of pyridine rings is 2. The number of H-pyrrole nitrogens is 1. The molecular weight excluding hydrogens is 549 g/mol. The summed E-state index contributed by atoms with van der Waals surface area (Å²) in [5.41, 5.74) is 4.42. The van der Waals surface area contributed by atoms with Crippen LogP contribution in [0.4, 0.5) is 10.1 Å². The maximum absolute atomic E-state index is 15.2. The fourth-order valence-corrected chi connectivity index (χ4v) is 5.29. The number of Topliss-reactive ketones (excluding diaryl/α,β-unsaturated/α-hetero) is 1. The summed E-state index contributed by atoms with van der Waals surface area (Å²) in [6.45, 7) is 11.5. The molecular formula is C32H34FN7O3. The van der Waals surface area contributed by atoms with Crippen LogP contribution in [-0.2, 0) is 16.6 Å². The number of ether oxygens (including phenoxy) is 1. The topological polar surface area (TPSA) is 123 Å². The highest BCUT2D eigenvalue weighted by Gasteiger charge is 2.25. The van der Waals surface area contributed by atoms with Crippen molar-refractivity contribution in [3.05, 3.63) is 71.9 Å². The van der Waals surface area contributed by atoms with Crippen molar-refractivity contribution in [1.82, 2.24) is 30.1 Å². The zero-order valence-electron chi connectivity index (χ0n) is 24.9. The molecule has 2 atom stereocenters. The summed E-state index contributed by atoms with van der Waals surface area (Å²) in [7, 11) is 0. The van der Waals surface area contributed by atoms with Crippen LogP contribution in [-0.4, -0.2) is 61.2 Å². The third-order valence-corrected chi connectivity index (χ3v) is 7.47. The van der Waals surface area contributed by atoms with Gasteiger partial charge < -0.3 is 19.1 Å². The smallest absolute Gasteiger partial charge is 0.238 e. The Balaban J connectivity index is 1.18. The predicted molar refractivity (Wildman–Crippen MR) is 160 cm³/mol. The Morgan fingerprint density at radius 1 is 1.07 bits per heavy atom. The van der Waals surface area contributed by atoms with E-state index in [-0.39, 0.29) is 42.1 Å². The van der Waals surface area contributed by atoms with Crippen LogP contribution in [0.1, 0.15) is 63.1 Å². The molecule has 0 bridgehead atoms. The van der Waals surface area contributed by atoms with E-state index < -0.39 is 5.82 Å². The molecule has 5 heterocycles. The molecule has 0 saturated carbocycles. The fourth-order valence-electron chi connectivity index (χ4n) is 5.29. The van der Waals surface area contributed by atoms with Crippen molar-refractivity contribution in [2.75, 3.05) is 18.0 Å². The molecule has 1 aliphatic heterocycles. The minimum atomic E-state index is -0.400. The maximum atomic E-state index is 15.2. The highest BCUT2D eigenvalue weighted by molar-refractivity contribution is 5.93. The molecule has 5 aromatic rings. The number of benzene rings is 1. The monoisotopic (exact) mass is 583 g/mol. The van der Waals surface area contributed by atoms with E-state index in [4.69, 9.17) is 9.26 Å². The fraction of sp³-hybridized carbons (Fsp3) is 0.375. The number of aryl methyl sites for hydroxylation is 1. The number of imidazole rings is 1. The van der Waals surface area contributed by atoms with Crippen LogP contribution in [0.3, 0.4) is 0 Å². The van der Waals surface area contributed by atoms with Gasteiger partial charge in [0.15, 0.2) is 11.5 Å². The molecule has 2 unspecified atom stereocenters. The third-order valence-electron chi connectivity index (χ3n) is 7.47. The Kier molecular flexibility index (Phi) is 7.51. The first kappa shape index (κ1) is 28.6. The number of carbonyl (C=O) groups excluding carboxylic acids is 1. The van der Waals surface area contributed by atoms with Gasteiger partial charge in [0.2, 0.25) is 17.5 Å². The van der Waals surface area contributed by atoms with Gasteiger partial charge in [0.1, 0.15) is 11.5 Å². The van der Waals surface area contributed by atoms with Gasteiger partial charge in [0, 0.05) is 36.7 Å². The Morgan fingerprint density at radius 2 is 1.86 bits per heavy atom. The second-order valence-corrected chi connectivity index (χ2v) is 12.1. The highest BCUT2D eigenvalue weighted by atomic mass is 19.1. The Morgan fingerprint density at radius 3 is 2.53 bits per heavy atom. The number of anilines is 1. The molecule has 4 aromatic heterocycles. The number of nitrogens with one attached hydrogen (secondary N) is 1. The molecule has 0 spiro atoms. The number of morpholine rings is 1. The van der Waals surface area contributed by atoms with Crippen LogP contribution in [0.5, 0.6) is 0 Å². The van der Waals surface area contributed by atoms with Gasteiger partial charge in [0.25, 0.3) is 0 Å². The van der Waals surface area contributed by atoms with Gasteiger partial charge in [-0.2, -0.15) is 4.98 Å². The summed E-state index contributed by atoms with van der Waals surface area (Å²) in [6.07, 6.45) is 4.10. The molecule has 6 rings (SSSR count). The zero-order valence-corrected chi connectivity index (χ0v) is 24.9. The van der Waals surface area contributed by atoms with Gasteiger partial charge in [0.05, 0.1) is 29.6 Å². The largest absolute Gasteiger partial charge is 0.372 e. The molecule has 1 N–H and O–H groups in total. The second-order valence-electron chi connectivity index (χ2n) is 12.1. The summed E-state index contributed by atoms with van der Waals surface area (Å²) in [5.74, 6) is 0.298. The van der Waals surface area contributed by atoms with Crippen molar-refractivity contribution in [1.29, 1.82) is 0 Å². The lowest BCUT2D eigenvalue weighted by Gasteiger charge is -2.36. The number of carbonyl (C=O) groups is 1. The van der Waals surface area contributed by atoms with Crippen LogP contribution in [0.25, 0.3) is 33.8 Å². The second kappa shape index (κ2) is 11.3. The first-order valence-electron chi connectivity index (χ1n) is 14.4. The van der Waals surface area contributed by atoms with E-state index in [0.29, 0.717) is 39.7 Å². The summed E-state index contributed by atoms with van der Waals surface area (Å²) >= 11 is 0. The summed E-state index contributed by atoms with van der Waals surface area (Å²) < 4.78 is 26.3. The molecule has 1 fully saturated rings. The molecule has 1 aromatic carbocycles. The normalized spacial score (nSPS) is 17.5. The molecule has 0 radical (unpaired) electrons. The van der Waals surface area contributed by atoms with Gasteiger partial charge in [-0.05, 0) is 55.7 Å². The lowest BCUT2D eigenvalue weighted by atomic mass is 9.97. The van der Waals surface area contributed by atoms with Crippen LogP contribution in [0.15, 0.2) is 53.3 Å². The van der Waals surface area contributed by atoms with Crippen molar-refractivity contribution >= 4 is 22.6 Å². The maximum Gasteiger partial charge on any atom is 0.238 e. The first-order chi connectivity index (χ1) is 20.5. The Bertz CT molecular complexity index is 1760. The summed E-state index contributed by atoms with van der Waals surface area (Å²) in [6, 6.07) is 10.8. The van der Waals surface area contributed by atoms with Crippen LogP contribution in [0, 0.1) is 5.82 Å². The van der Waals surface area contributed by atoms with Crippen LogP contribution in [0.2, 0.25) is 0 Å². The lowest BCUT2D eigenvalue weighted by molar-refractivity contribution is -0.00523. The molecule has 11 heteroatoms. The minimum Gasteiger partial charge on any atom is -0.372 e. The molecule has 222 valence electrons. The standard InChI is InChI=1S/C32H34FN7O3/c1-18-16-40(17-19(2)42-18)22-9-10-25(35-15-22)28-36-27-23(12-13-34-30(27)37-28)21-7-6-20(24(33)14-21)8-11-26(41)29-38-31(43-39-29)32(3,4)5/h6-7,9-10,12-15,18-19H,8,11,16-17H2,1-5H3,(H,34,36,37). The minimum absolute atomic E-state index is 0.0191. The van der Waals surface area contributed by atoms with Gasteiger partial charge in [-0.15, -0.1) is 0 Å². The molecule has 1 saturated heterocycles. The van der Waals surface area contributed by atoms with E-state index in [1.807, 2.05) is 51.2 Å². The molecule has 1 aliphatic rings. The van der Waals surface area contributed by atoms with Crippen molar-refractivity contribution in [3.63, 3.8) is 0 Å². The number of fused-ring (bicyclic) bond motifs is 1. The van der Waals surface area contributed by atoms with E-state index in [2.05, 4.69) is 48.8 Å². The third kappa shape index (κ3) is 6.03. The van der Waals surface area contributed by atoms with E-state index in [0.717, 1.165) is 24.3 Å². The predicted octanol–water partition coefficient (Wildman–Crippen LogP) is 5.94. The van der Waals surface area contributed by atoms with Crippen LogP contribution >= 0.6 is 0 Å². The van der Waals surface area contributed by atoms with Gasteiger partial charge >= 0.3 is 0 Å². The first-order valence-corrected chi connectivity index (χ1v) is 14.4. The molecule has 43 heavy (non-hydrogen) atoms. The van der Waals surface area contributed by atoms with E-state index in [1.54, 1.807) is 12.3 Å². The highest BCUT2D eigenvalue weighted by Crippen LogP contribution is 2.30. The number of hydrogen-bond donors (Lipinski definition) is 1. The zero-order chi connectivity index (χ0) is 30.3. The molecule has 10 nitrogen and oxygen atoms in total. The average Bonchev–Trinajstić information content (AvgIpc) is 3.64. The van der Waals surface area contributed by atoms with Gasteiger partial charge in [-0.3, -0.25) is 9.78 Å². The lowest BCUT2D eigenvalue weighted by Crippen LogP contribution is -2.45. The van der Waals surface area contributed by atoms with Crippen molar-refractivity contribution < 1.29 is 18.4 Å². The van der Waals surface area contributed by atoms with Crippen molar-refractivity contribution in [2.24, 2.45) is 0 Å². The van der Waals surface area contributed by atoms with Gasteiger partial charge in [-0.1, -0.05) is 38.1 Å². The summed E-state index contributed by atoms with van der Waals surface area (Å²) in [4.78, 5) is 36.2. The number of rotatable bonds is 7. The quantitative estimate of drug-likeness (QED) is 0.232. The molecule has 0 aliphatic carbocycles. The van der Waals surface area contributed by atoms with E-state index >= 15 is 4.39 Å². The Hall–Kier alpha value is -4.51. The summed E-state index contributed by atoms with van der Waals surface area (Å²) in [5, 5.41) is 3.80. The number of hydrogen-bond acceptors (Lipinski definition) is 9. The van der Waals surface area contributed by atoms with Crippen molar-refractivity contribution in [2.45, 2.75) is 65.1 Å². The number of aromatic nitrogens is 6. The SMILES string of the molecule is CC1CN(c2ccc(-c3nc4nccc(-c5ccc(CCC(=O)c6noc(C(C)(C)C)n6)c(F)c5)c4[nH]3)nc2)CC(C)O1. The van der Waals surface area contributed by atoms with Crippen molar-refractivity contribution in [3.8, 4) is 22.6 Å². The number of aromatic amines is 1. The Labute approximate surface area is 248 Å². The van der Waals surface area contributed by atoms with Gasteiger partial charge in [-0.25, -0.2) is 14.4 Å². The average molecular weight is 584 g/mol. The number of nitrogens with zero attached hydrogens (tertiary/aromatic N) is 6.